The number of piperazine rings is 1. The van der Waals surface area contributed by atoms with Gasteiger partial charge in [0.2, 0.25) is 0 Å². The maximum Gasteiger partial charge on any atom is 0.258 e. The topological polar surface area (TPSA) is 40.5 Å². The molecule has 0 spiro atoms. The summed E-state index contributed by atoms with van der Waals surface area (Å²) in [5, 5.41) is 4.32. The number of carbonyl (C=O) groups is 1. The average molecular weight is 411 g/mol. The molecule has 1 fully saturated rings. The van der Waals surface area contributed by atoms with Crippen molar-refractivity contribution in [2.75, 3.05) is 38.1 Å². The van der Waals surface area contributed by atoms with Gasteiger partial charge in [-0.2, -0.15) is 0 Å². The molecule has 156 valence electrons. The van der Waals surface area contributed by atoms with Gasteiger partial charge in [-0.15, -0.1) is 0 Å². The maximum absolute atomic E-state index is 13.9. The molecular weight excluding hydrogens is 384 g/mol. The second kappa shape index (κ2) is 8.28. The van der Waals surface area contributed by atoms with E-state index in [0.29, 0.717) is 0 Å². The van der Waals surface area contributed by atoms with E-state index in [4.69, 9.17) is 0 Å². The van der Waals surface area contributed by atoms with Gasteiger partial charge in [-0.1, -0.05) is 54.6 Å². The molecule has 1 N–H and O–H groups in total. The lowest BCUT2D eigenvalue weighted by atomic mass is 10.1. The Morgan fingerprint density at radius 1 is 0.839 bits per heavy atom. The highest BCUT2D eigenvalue weighted by Crippen LogP contribution is 2.39. The first-order valence-corrected chi connectivity index (χ1v) is 10.7. The van der Waals surface area contributed by atoms with Crippen molar-refractivity contribution in [2.45, 2.75) is 0 Å². The molecule has 1 amide bonds. The molecule has 4 aromatic rings. The van der Waals surface area contributed by atoms with Crippen LogP contribution in [0, 0.1) is 0 Å². The van der Waals surface area contributed by atoms with Crippen LogP contribution in [-0.2, 0) is 0 Å². The average Bonchev–Trinajstić information content (AvgIpc) is 3.20. The number of hydrogen-bond acceptors (Lipinski definition) is 3. The lowest BCUT2D eigenvalue weighted by Crippen LogP contribution is -2.46. The third-order valence-corrected chi connectivity index (χ3v) is 5.94. The quantitative estimate of drug-likeness (QED) is 0.541. The van der Waals surface area contributed by atoms with E-state index in [0.717, 1.165) is 59.8 Å². The molecule has 3 aromatic carbocycles. The van der Waals surface area contributed by atoms with Gasteiger partial charge >= 0.3 is 0 Å². The van der Waals surface area contributed by atoms with E-state index in [9.17, 15) is 4.79 Å². The lowest BCUT2D eigenvalue weighted by Gasteiger charge is -2.29. The van der Waals surface area contributed by atoms with E-state index in [1.54, 1.807) is 0 Å². The molecule has 0 unspecified atom stereocenters. The van der Waals surface area contributed by atoms with Gasteiger partial charge in [-0.3, -0.25) is 9.36 Å². The van der Waals surface area contributed by atoms with E-state index in [1.165, 1.54) is 0 Å². The predicted molar refractivity (Wildman–Crippen MR) is 127 cm³/mol. The fourth-order valence-electron chi connectivity index (χ4n) is 4.39. The van der Waals surface area contributed by atoms with Crippen LogP contribution in [-0.4, -0.2) is 48.6 Å². The van der Waals surface area contributed by atoms with Crippen LogP contribution < -0.4 is 10.2 Å². The SMILES string of the molecule is CN(c1ccccc1)c1c(C(=O)N2CCNCC2)c2ccccc2n1-c1ccccc1. The standard InChI is InChI=1S/C26H26N4O/c1-28(20-10-4-2-5-11-20)25-24(26(31)29-18-16-27-17-19-29)22-14-8-9-15-23(22)30(25)21-12-6-3-7-13-21/h2-15,27H,16-19H2,1H3. The van der Waals surface area contributed by atoms with Crippen LogP contribution in [0.2, 0.25) is 0 Å². The Bertz CT molecular complexity index is 1190. The number of para-hydroxylation sites is 3. The number of anilines is 2. The van der Waals surface area contributed by atoms with Crippen molar-refractivity contribution in [1.82, 2.24) is 14.8 Å². The van der Waals surface area contributed by atoms with Crippen LogP contribution in [0.15, 0.2) is 84.9 Å². The zero-order valence-electron chi connectivity index (χ0n) is 17.7. The maximum atomic E-state index is 13.9. The van der Waals surface area contributed by atoms with Gasteiger partial charge in [-0.05, 0) is 30.3 Å². The molecule has 1 aliphatic rings. The fourth-order valence-corrected chi connectivity index (χ4v) is 4.39. The summed E-state index contributed by atoms with van der Waals surface area (Å²) in [6.45, 7) is 3.09. The third-order valence-electron chi connectivity index (χ3n) is 5.94. The molecular formula is C26H26N4O. The normalized spacial score (nSPS) is 14.0. The van der Waals surface area contributed by atoms with E-state index in [2.05, 4.69) is 51.2 Å². The zero-order chi connectivity index (χ0) is 21.2. The number of benzene rings is 3. The molecule has 0 saturated carbocycles. The number of nitrogens with zero attached hydrogens (tertiary/aromatic N) is 3. The molecule has 1 aromatic heterocycles. The Morgan fingerprint density at radius 2 is 1.45 bits per heavy atom. The number of amides is 1. The van der Waals surface area contributed by atoms with Crippen molar-refractivity contribution in [3.8, 4) is 5.69 Å². The van der Waals surface area contributed by atoms with Crippen LogP contribution in [0.5, 0.6) is 0 Å². The van der Waals surface area contributed by atoms with E-state index in [-0.39, 0.29) is 5.91 Å². The van der Waals surface area contributed by atoms with Crippen LogP contribution in [0.3, 0.4) is 0 Å². The molecule has 5 rings (SSSR count). The summed E-state index contributed by atoms with van der Waals surface area (Å²) in [5.41, 5.74) is 3.87. The summed E-state index contributed by atoms with van der Waals surface area (Å²) >= 11 is 0. The molecule has 0 bridgehead atoms. The van der Waals surface area contributed by atoms with Gasteiger partial charge in [0.15, 0.2) is 0 Å². The minimum absolute atomic E-state index is 0.0881. The number of aromatic nitrogens is 1. The van der Waals surface area contributed by atoms with Crippen LogP contribution >= 0.6 is 0 Å². The Morgan fingerprint density at radius 3 is 2.16 bits per heavy atom. The minimum Gasteiger partial charge on any atom is -0.336 e. The summed E-state index contributed by atoms with van der Waals surface area (Å²) in [5.74, 6) is 0.979. The summed E-state index contributed by atoms with van der Waals surface area (Å²) in [4.78, 5) is 18.0. The van der Waals surface area contributed by atoms with Crippen LogP contribution in [0.1, 0.15) is 10.4 Å². The van der Waals surface area contributed by atoms with Gasteiger partial charge in [0.1, 0.15) is 5.82 Å². The number of nitrogens with one attached hydrogen (secondary N) is 1. The Balaban J connectivity index is 1.79. The van der Waals surface area contributed by atoms with E-state index in [1.807, 2.05) is 60.5 Å². The molecule has 0 radical (unpaired) electrons. The molecule has 2 heterocycles. The Labute approximate surface area is 182 Å². The lowest BCUT2D eigenvalue weighted by molar-refractivity contribution is 0.0738. The first-order chi connectivity index (χ1) is 15.3. The fraction of sp³-hybridized carbons (Fsp3) is 0.192. The molecule has 0 aliphatic carbocycles. The third kappa shape index (κ3) is 3.47. The highest BCUT2D eigenvalue weighted by molar-refractivity contribution is 6.13. The first kappa shape index (κ1) is 19.4. The smallest absolute Gasteiger partial charge is 0.258 e. The van der Waals surface area contributed by atoms with Gasteiger partial charge in [0.05, 0.1) is 11.1 Å². The van der Waals surface area contributed by atoms with Crippen molar-refractivity contribution >= 4 is 28.3 Å². The molecule has 0 atom stereocenters. The van der Waals surface area contributed by atoms with Crippen molar-refractivity contribution in [2.24, 2.45) is 0 Å². The number of hydrogen-bond donors (Lipinski definition) is 1. The largest absolute Gasteiger partial charge is 0.336 e. The van der Waals surface area contributed by atoms with Gasteiger partial charge in [0.25, 0.3) is 5.91 Å². The van der Waals surface area contributed by atoms with Gasteiger partial charge in [0, 0.05) is 50.0 Å². The number of fused-ring (bicyclic) bond motifs is 1. The second-order valence-electron chi connectivity index (χ2n) is 7.82. The molecule has 31 heavy (non-hydrogen) atoms. The van der Waals surface area contributed by atoms with Gasteiger partial charge < -0.3 is 15.1 Å². The summed E-state index contributed by atoms with van der Waals surface area (Å²) in [6.07, 6.45) is 0. The van der Waals surface area contributed by atoms with E-state index < -0.39 is 0 Å². The highest BCUT2D eigenvalue weighted by Gasteiger charge is 2.29. The summed E-state index contributed by atoms with van der Waals surface area (Å²) in [6, 6.07) is 28.7. The summed E-state index contributed by atoms with van der Waals surface area (Å²) in [7, 11) is 2.04. The Kier molecular flexibility index (Phi) is 5.18. The molecule has 5 nitrogen and oxygen atoms in total. The molecule has 1 aliphatic heterocycles. The van der Waals surface area contributed by atoms with Crippen LogP contribution in [0.4, 0.5) is 11.5 Å². The first-order valence-electron chi connectivity index (χ1n) is 10.7. The second-order valence-corrected chi connectivity index (χ2v) is 7.82. The highest BCUT2D eigenvalue weighted by atomic mass is 16.2. The van der Waals surface area contributed by atoms with Gasteiger partial charge in [-0.25, -0.2) is 0 Å². The Hall–Kier alpha value is -3.57. The van der Waals surface area contributed by atoms with Crippen molar-refractivity contribution in [1.29, 1.82) is 0 Å². The monoisotopic (exact) mass is 410 g/mol. The number of rotatable bonds is 4. The van der Waals surface area contributed by atoms with Crippen LogP contribution in [0.25, 0.3) is 16.6 Å². The minimum atomic E-state index is 0.0881. The summed E-state index contributed by atoms with van der Waals surface area (Å²) < 4.78 is 2.21. The van der Waals surface area contributed by atoms with Crippen molar-refractivity contribution in [3.05, 3.63) is 90.5 Å². The molecule has 1 saturated heterocycles. The molecule has 5 heteroatoms. The van der Waals surface area contributed by atoms with Crippen molar-refractivity contribution < 1.29 is 4.79 Å². The van der Waals surface area contributed by atoms with E-state index >= 15 is 0 Å². The zero-order valence-corrected chi connectivity index (χ0v) is 17.7. The van der Waals surface area contributed by atoms with Crippen molar-refractivity contribution in [3.63, 3.8) is 0 Å². The predicted octanol–water partition coefficient (Wildman–Crippen LogP) is 4.44. The number of carbonyl (C=O) groups excluding carboxylic acids is 1.